The van der Waals surface area contributed by atoms with Crippen molar-refractivity contribution < 1.29 is 62.9 Å². The Bertz CT molecular complexity index is 6520. The van der Waals surface area contributed by atoms with Gasteiger partial charge in [-0.3, -0.25) is 38.2 Å². The number of aromatic nitrogens is 20. The lowest BCUT2D eigenvalue weighted by Gasteiger charge is -2.11. The third-order valence-corrected chi connectivity index (χ3v) is 17.6. The van der Waals surface area contributed by atoms with Crippen LogP contribution in [0.2, 0.25) is 15.1 Å². The summed E-state index contributed by atoms with van der Waals surface area (Å²) < 4.78 is 149. The molecule has 17 rings (SSSR count). The number of para-hydroxylation sites is 1. The lowest BCUT2D eigenvalue weighted by atomic mass is 10.3. The molecule has 17 aromatic rings. The van der Waals surface area contributed by atoms with E-state index in [1.807, 2.05) is 72.4 Å². The van der Waals surface area contributed by atoms with Crippen LogP contribution in [0.3, 0.4) is 0 Å². The Morgan fingerprint density at radius 2 is 0.697 bits per heavy atom. The zero-order chi connectivity index (χ0) is 85.7. The zero-order valence-electron chi connectivity index (χ0n) is 63.4. The van der Waals surface area contributed by atoms with Gasteiger partial charge in [0.1, 0.15) is 40.5 Å². The first-order valence-corrected chi connectivity index (χ1v) is 37.3. The summed E-state index contributed by atoms with van der Waals surface area (Å²) in [7, 11) is 0. The van der Waals surface area contributed by atoms with Crippen molar-refractivity contribution in [3.63, 3.8) is 0 Å². The number of benzene rings is 5. The summed E-state index contributed by atoms with van der Waals surface area (Å²) in [4.78, 5) is 70.3. The van der Waals surface area contributed by atoms with E-state index in [0.29, 0.717) is 148 Å². The molecular weight excluding hydrogens is 1670 g/mol. The number of fused-ring (bicyclic) bond motifs is 4. The first-order valence-electron chi connectivity index (χ1n) is 36.1. The van der Waals surface area contributed by atoms with Crippen molar-refractivity contribution in [3.05, 3.63) is 264 Å². The maximum Gasteiger partial charge on any atom is 0.573 e. The van der Waals surface area contributed by atoms with Crippen molar-refractivity contribution in [2.75, 3.05) is 26.6 Å². The molecule has 0 radical (unpaired) electrons. The number of halogens is 13. The van der Waals surface area contributed by atoms with Crippen molar-refractivity contribution in [1.82, 2.24) is 98.0 Å². The molecule has 0 spiro atoms. The summed E-state index contributed by atoms with van der Waals surface area (Å²) in [6.07, 6.45) is 15.3. The molecule has 0 atom stereocenters. The molecule has 0 saturated carbocycles. The second kappa shape index (κ2) is 37.5. The first-order chi connectivity index (χ1) is 58.8. The Kier molecular flexibility index (Phi) is 25.7. The molecule has 0 aliphatic carbocycles. The van der Waals surface area contributed by atoms with E-state index in [9.17, 15) is 43.9 Å². The summed E-state index contributed by atoms with van der Waals surface area (Å²) in [5.74, 6) is 5.01. The van der Waals surface area contributed by atoms with Gasteiger partial charge in [-0.05, 0) is 135 Å². The zero-order valence-corrected chi connectivity index (χ0v) is 65.7. The molecule has 0 fully saturated rings. The fourth-order valence-electron chi connectivity index (χ4n) is 12.0. The van der Waals surface area contributed by atoms with E-state index in [0.717, 1.165) is 35.0 Å². The number of ether oxygens (including phenoxy) is 4. The maximum atomic E-state index is 14.0. The summed E-state index contributed by atoms with van der Waals surface area (Å²) in [6.45, 7) is -1.30. The Morgan fingerprint density at radius 3 is 1.09 bits per heavy atom. The molecule has 0 unspecified atom stereocenters. The van der Waals surface area contributed by atoms with Gasteiger partial charge in [-0.1, -0.05) is 66.8 Å². The molecule has 122 heavy (non-hydrogen) atoms. The molecule has 42 heteroatoms. The van der Waals surface area contributed by atoms with E-state index in [-0.39, 0.29) is 22.9 Å². The summed E-state index contributed by atoms with van der Waals surface area (Å²) in [6, 6.07) is 37.9. The SMILES string of the molecule is CCc1nc2ncc(Cl)cc2n1-c1cncc(Nc2ccc(OC(F)(F)F)cc2)n1.CCc1nc2ncc(Cl)cc2n1-c1cncc(Nc2ccc(OC(F)F)c(F)c2)n1.Cc1nc2ncc(Cl)cc2n1-c1cncc(Nc2ccccc2)n1.Cc1nc2ncc(Nc3ccc(OC(F)F)cc3)cc2n1-c1cncc(Nc2ccc(OC(F)F)cc2)n1. The number of alkyl halides is 9. The van der Waals surface area contributed by atoms with Gasteiger partial charge in [-0.25, -0.2) is 64.2 Å². The van der Waals surface area contributed by atoms with E-state index >= 15 is 0 Å². The maximum absolute atomic E-state index is 14.0. The predicted octanol–water partition coefficient (Wildman–Crippen LogP) is 20.1. The van der Waals surface area contributed by atoms with Crippen LogP contribution in [-0.2, 0) is 12.8 Å². The largest absolute Gasteiger partial charge is 0.573 e. The fraction of sp³-hybridized carbons (Fsp3) is 0.125. The van der Waals surface area contributed by atoms with E-state index < -0.39 is 37.8 Å². The second-order valence-corrected chi connectivity index (χ2v) is 26.7. The number of aryl methyl sites for hydroxylation is 4. The van der Waals surface area contributed by atoms with E-state index in [2.05, 4.69) is 125 Å². The Morgan fingerprint density at radius 1 is 0.352 bits per heavy atom. The molecule has 0 saturated heterocycles. The fourth-order valence-corrected chi connectivity index (χ4v) is 12.5. The first kappa shape index (κ1) is 83.8. The summed E-state index contributed by atoms with van der Waals surface area (Å²) in [5, 5.41) is 16.9. The lowest BCUT2D eigenvalue weighted by molar-refractivity contribution is -0.274. The van der Waals surface area contributed by atoms with Crippen LogP contribution in [0, 0.1) is 19.7 Å². The van der Waals surface area contributed by atoms with Crippen LogP contribution in [0.25, 0.3) is 67.9 Å². The number of imidazole rings is 4. The minimum atomic E-state index is -4.74. The molecule has 0 aliphatic heterocycles. The highest BCUT2D eigenvalue weighted by Gasteiger charge is 2.31. The third-order valence-electron chi connectivity index (χ3n) is 17.0. The van der Waals surface area contributed by atoms with E-state index in [1.54, 1.807) is 95.8 Å². The van der Waals surface area contributed by atoms with Gasteiger partial charge in [0.25, 0.3) is 0 Å². The third kappa shape index (κ3) is 21.0. The average Bonchev–Trinajstić information content (AvgIpc) is 1.65. The van der Waals surface area contributed by atoms with Crippen LogP contribution in [0.15, 0.2) is 220 Å². The Hall–Kier alpha value is -14.7. The Labute approximate surface area is 697 Å². The molecule has 0 amide bonds. The molecule has 0 bridgehead atoms. The lowest BCUT2D eigenvalue weighted by Crippen LogP contribution is -2.17. The van der Waals surface area contributed by atoms with Gasteiger partial charge in [0.05, 0.1) is 98.6 Å². The van der Waals surface area contributed by atoms with E-state index in [4.69, 9.17) is 34.8 Å². The minimum absolute atomic E-state index is 0.0419. The number of pyridine rings is 4. The molecule has 29 nitrogen and oxygen atoms in total. The van der Waals surface area contributed by atoms with Crippen molar-refractivity contribution in [2.45, 2.75) is 66.7 Å². The van der Waals surface area contributed by atoms with Crippen molar-refractivity contribution in [1.29, 1.82) is 0 Å². The van der Waals surface area contributed by atoms with Crippen LogP contribution < -0.4 is 45.5 Å². The molecule has 620 valence electrons. The predicted molar refractivity (Wildman–Crippen MR) is 436 cm³/mol. The minimum Gasteiger partial charge on any atom is -0.435 e. The number of rotatable bonds is 23. The van der Waals surface area contributed by atoms with Gasteiger partial charge >= 0.3 is 26.2 Å². The van der Waals surface area contributed by atoms with Gasteiger partial charge < -0.3 is 45.5 Å². The van der Waals surface area contributed by atoms with Gasteiger partial charge in [-0.2, -0.15) is 26.3 Å². The molecule has 0 aliphatic rings. The van der Waals surface area contributed by atoms with Gasteiger partial charge in [0.2, 0.25) is 0 Å². The molecular formula is C80H60Cl3F10N25O4. The van der Waals surface area contributed by atoms with Crippen LogP contribution >= 0.6 is 34.8 Å². The number of nitrogens with one attached hydrogen (secondary N) is 5. The van der Waals surface area contributed by atoms with Crippen molar-refractivity contribution in [2.24, 2.45) is 0 Å². The average molecular weight is 1730 g/mol. The standard InChI is InChI=1S/C25H19F4N7O2.2C19H14ClF3N6O.C17H13ClN6/c1-14-32-23-20(10-17(11-31-23)33-15-2-6-18(7-3-15)37-24(26)27)36(14)22-13-30-12-21(35-22)34-16-4-8-19(9-5-16)38-25(28)29;1-2-16-28-18-14(7-11(20)8-25-18)29(16)17-10-24-9-15(27-17)26-12-3-5-13(6-4-12)30-19(21,22)23;1-2-16-28-18-13(5-10(20)7-25-18)29(16)17-9-24-8-15(27-17)26-11-3-4-14(12(21)6-11)30-19(22)23;1-11-21-17-14(7-12(18)8-20-17)24(11)16-10-19-9-15(23-16)22-13-5-3-2-4-6-13/h2-13,24-25,33H,1H3,(H,34,35);3-10H,2H2,1H3,(H,26,27);3-9,19H,2H2,1H3,(H,26,27);2-10H,1H3,(H,22,23). The number of hydrogen-bond donors (Lipinski definition) is 5. The van der Waals surface area contributed by atoms with Crippen LogP contribution in [0.4, 0.5) is 101 Å². The number of nitrogens with zero attached hydrogens (tertiary/aromatic N) is 20. The molecule has 5 N–H and O–H groups in total. The normalized spacial score (nSPS) is 11.3. The highest BCUT2D eigenvalue weighted by Crippen LogP contribution is 2.33. The molecule has 5 aromatic carbocycles. The highest BCUT2D eigenvalue weighted by molar-refractivity contribution is 6.31. The molecule has 12 aromatic heterocycles. The van der Waals surface area contributed by atoms with Crippen LogP contribution in [0.5, 0.6) is 23.0 Å². The topological polar surface area (TPSA) is 323 Å². The molecule has 12 heterocycles. The van der Waals surface area contributed by atoms with Gasteiger partial charge in [-0.15, -0.1) is 13.2 Å². The van der Waals surface area contributed by atoms with Crippen molar-refractivity contribution >= 4 is 137 Å². The smallest absolute Gasteiger partial charge is 0.435 e. The van der Waals surface area contributed by atoms with Crippen LogP contribution in [0.1, 0.15) is 37.1 Å². The second-order valence-electron chi connectivity index (χ2n) is 25.4. The van der Waals surface area contributed by atoms with Crippen LogP contribution in [-0.4, -0.2) is 124 Å². The van der Waals surface area contributed by atoms with Crippen molar-refractivity contribution in [3.8, 4) is 46.3 Å². The monoisotopic (exact) mass is 1730 g/mol. The van der Waals surface area contributed by atoms with Gasteiger partial charge in [0, 0.05) is 65.9 Å². The number of hydrogen-bond acceptors (Lipinski definition) is 25. The number of anilines is 10. The van der Waals surface area contributed by atoms with E-state index in [1.165, 1.54) is 85.6 Å². The quantitative estimate of drug-likeness (QED) is 0.0371. The van der Waals surface area contributed by atoms with Gasteiger partial charge in [0.15, 0.2) is 80.7 Å². The highest BCUT2D eigenvalue weighted by atomic mass is 35.5. The Balaban J connectivity index is 0.000000134. The summed E-state index contributed by atoms with van der Waals surface area (Å²) in [5.41, 5.74) is 8.63. The summed E-state index contributed by atoms with van der Waals surface area (Å²) >= 11 is 18.2.